The second-order valence-electron chi connectivity index (χ2n) is 4.67. The van der Waals surface area contributed by atoms with Crippen LogP contribution in [0.15, 0.2) is 24.3 Å². The van der Waals surface area contributed by atoms with Gasteiger partial charge in [-0.25, -0.2) is 0 Å². The lowest BCUT2D eigenvalue weighted by molar-refractivity contribution is -0.134. The predicted molar refractivity (Wildman–Crippen MR) is 80.7 cm³/mol. The molecule has 20 heavy (non-hydrogen) atoms. The second kappa shape index (κ2) is 8.59. The van der Waals surface area contributed by atoms with Crippen LogP contribution < -0.4 is 5.32 Å². The highest BCUT2D eigenvalue weighted by Crippen LogP contribution is 2.11. The molecule has 1 aromatic carbocycles. The topological polar surface area (TPSA) is 49.4 Å². The van der Waals surface area contributed by atoms with Crippen LogP contribution in [-0.2, 0) is 16.0 Å². The standard InChI is InChI=1S/C15H21ClN2O2/c1-3-8-17-15(20)11-18(12(2)19)9-7-13-5-4-6-14(16)10-13/h4-6,10H,3,7-9,11H2,1-2H3,(H,17,20). The number of nitrogens with zero attached hydrogens (tertiary/aromatic N) is 1. The minimum Gasteiger partial charge on any atom is -0.355 e. The van der Waals surface area contributed by atoms with Gasteiger partial charge in [-0.15, -0.1) is 0 Å². The van der Waals surface area contributed by atoms with E-state index in [0.717, 1.165) is 12.0 Å². The van der Waals surface area contributed by atoms with Crippen LogP contribution in [0.3, 0.4) is 0 Å². The fourth-order valence-corrected chi connectivity index (χ4v) is 2.01. The molecule has 4 nitrogen and oxygen atoms in total. The van der Waals surface area contributed by atoms with Gasteiger partial charge < -0.3 is 10.2 Å². The number of halogens is 1. The molecule has 5 heteroatoms. The number of hydrogen-bond donors (Lipinski definition) is 1. The summed E-state index contributed by atoms with van der Waals surface area (Å²) >= 11 is 5.92. The molecule has 0 saturated heterocycles. The van der Waals surface area contributed by atoms with Crippen LogP contribution in [-0.4, -0.2) is 36.3 Å². The van der Waals surface area contributed by atoms with Crippen molar-refractivity contribution >= 4 is 23.4 Å². The summed E-state index contributed by atoms with van der Waals surface area (Å²) in [4.78, 5) is 24.8. The highest BCUT2D eigenvalue weighted by Gasteiger charge is 2.13. The van der Waals surface area contributed by atoms with Crippen molar-refractivity contribution in [1.29, 1.82) is 0 Å². The maximum atomic E-state index is 11.7. The number of carbonyl (C=O) groups is 2. The first-order valence-electron chi connectivity index (χ1n) is 6.79. The molecule has 1 aromatic rings. The van der Waals surface area contributed by atoms with Crippen LogP contribution in [0.5, 0.6) is 0 Å². The predicted octanol–water partition coefficient (Wildman–Crippen LogP) is 2.26. The number of amides is 2. The first kappa shape index (κ1) is 16.5. The zero-order chi connectivity index (χ0) is 15.0. The fourth-order valence-electron chi connectivity index (χ4n) is 1.80. The molecule has 0 aliphatic carbocycles. The van der Waals surface area contributed by atoms with Gasteiger partial charge >= 0.3 is 0 Å². The second-order valence-corrected chi connectivity index (χ2v) is 5.11. The molecule has 1 N–H and O–H groups in total. The van der Waals surface area contributed by atoms with Gasteiger partial charge in [0.05, 0.1) is 6.54 Å². The minimum absolute atomic E-state index is 0.0984. The maximum absolute atomic E-state index is 11.7. The van der Waals surface area contributed by atoms with Crippen LogP contribution in [0.1, 0.15) is 25.8 Å². The lowest BCUT2D eigenvalue weighted by Gasteiger charge is -2.20. The molecule has 0 aliphatic heterocycles. The van der Waals surface area contributed by atoms with E-state index in [2.05, 4.69) is 5.32 Å². The molecule has 0 heterocycles. The molecule has 0 radical (unpaired) electrons. The van der Waals surface area contributed by atoms with Crippen molar-refractivity contribution in [2.24, 2.45) is 0 Å². The fraction of sp³-hybridized carbons (Fsp3) is 0.467. The van der Waals surface area contributed by atoms with E-state index >= 15 is 0 Å². The number of carbonyl (C=O) groups excluding carboxylic acids is 2. The summed E-state index contributed by atoms with van der Waals surface area (Å²) in [5.41, 5.74) is 1.05. The molecule has 0 bridgehead atoms. The maximum Gasteiger partial charge on any atom is 0.239 e. The molecular formula is C15H21ClN2O2. The van der Waals surface area contributed by atoms with Gasteiger partial charge in [-0.1, -0.05) is 30.7 Å². The average molecular weight is 297 g/mol. The van der Waals surface area contributed by atoms with E-state index in [1.807, 2.05) is 31.2 Å². The Morgan fingerprint density at radius 1 is 1.35 bits per heavy atom. The summed E-state index contributed by atoms with van der Waals surface area (Å²) < 4.78 is 0. The van der Waals surface area contributed by atoms with Crippen molar-refractivity contribution in [3.8, 4) is 0 Å². The Morgan fingerprint density at radius 2 is 2.10 bits per heavy atom. The van der Waals surface area contributed by atoms with Gasteiger partial charge in [0.1, 0.15) is 0 Å². The first-order valence-corrected chi connectivity index (χ1v) is 7.17. The van der Waals surface area contributed by atoms with Crippen LogP contribution in [0, 0.1) is 0 Å². The van der Waals surface area contributed by atoms with Gasteiger partial charge in [-0.3, -0.25) is 9.59 Å². The van der Waals surface area contributed by atoms with E-state index in [1.165, 1.54) is 6.92 Å². The van der Waals surface area contributed by atoms with E-state index in [1.54, 1.807) is 4.90 Å². The lowest BCUT2D eigenvalue weighted by Crippen LogP contribution is -2.40. The molecule has 110 valence electrons. The summed E-state index contributed by atoms with van der Waals surface area (Å²) in [6.45, 7) is 4.72. The van der Waals surface area contributed by atoms with E-state index in [4.69, 9.17) is 11.6 Å². The van der Waals surface area contributed by atoms with E-state index in [-0.39, 0.29) is 18.4 Å². The first-order chi connectivity index (χ1) is 9.52. The Bertz CT molecular complexity index is 463. The lowest BCUT2D eigenvalue weighted by atomic mass is 10.1. The summed E-state index contributed by atoms with van der Waals surface area (Å²) in [5, 5.41) is 3.45. The van der Waals surface area contributed by atoms with Gasteiger partial charge in [0.2, 0.25) is 11.8 Å². The highest BCUT2D eigenvalue weighted by molar-refractivity contribution is 6.30. The third-order valence-electron chi connectivity index (χ3n) is 2.91. The molecule has 0 unspecified atom stereocenters. The Labute approximate surface area is 125 Å². The van der Waals surface area contributed by atoms with E-state index < -0.39 is 0 Å². The molecule has 0 fully saturated rings. The minimum atomic E-state index is -0.117. The van der Waals surface area contributed by atoms with Crippen LogP contribution in [0.2, 0.25) is 5.02 Å². The van der Waals surface area contributed by atoms with Crippen molar-refractivity contribution in [1.82, 2.24) is 10.2 Å². The van der Waals surface area contributed by atoms with Gasteiger partial charge in [-0.05, 0) is 30.5 Å². The van der Waals surface area contributed by atoms with Gasteiger partial charge in [0.25, 0.3) is 0 Å². The SMILES string of the molecule is CCCNC(=O)CN(CCc1cccc(Cl)c1)C(C)=O. The largest absolute Gasteiger partial charge is 0.355 e. The van der Waals surface area contributed by atoms with E-state index in [9.17, 15) is 9.59 Å². The molecular weight excluding hydrogens is 276 g/mol. The summed E-state index contributed by atoms with van der Waals surface area (Å²) in [6, 6.07) is 7.52. The summed E-state index contributed by atoms with van der Waals surface area (Å²) in [7, 11) is 0. The van der Waals surface area contributed by atoms with E-state index in [0.29, 0.717) is 24.5 Å². The van der Waals surface area contributed by atoms with Gasteiger partial charge in [0, 0.05) is 25.0 Å². The molecule has 0 atom stereocenters. The number of rotatable bonds is 7. The van der Waals surface area contributed by atoms with Crippen LogP contribution >= 0.6 is 11.6 Å². The quantitative estimate of drug-likeness (QED) is 0.839. The van der Waals surface area contributed by atoms with Crippen molar-refractivity contribution < 1.29 is 9.59 Å². The average Bonchev–Trinajstić information content (AvgIpc) is 2.41. The van der Waals surface area contributed by atoms with Crippen LogP contribution in [0.25, 0.3) is 0 Å². The smallest absolute Gasteiger partial charge is 0.239 e. The zero-order valence-electron chi connectivity index (χ0n) is 12.0. The zero-order valence-corrected chi connectivity index (χ0v) is 12.7. The van der Waals surface area contributed by atoms with Crippen molar-refractivity contribution in [3.05, 3.63) is 34.9 Å². The van der Waals surface area contributed by atoms with Crippen molar-refractivity contribution in [3.63, 3.8) is 0 Å². The normalized spacial score (nSPS) is 10.2. The Morgan fingerprint density at radius 3 is 2.70 bits per heavy atom. The highest BCUT2D eigenvalue weighted by atomic mass is 35.5. The molecule has 0 saturated carbocycles. The molecule has 0 aromatic heterocycles. The van der Waals surface area contributed by atoms with Crippen molar-refractivity contribution in [2.45, 2.75) is 26.7 Å². The Kier molecular flexibility index (Phi) is 7.09. The Balaban J connectivity index is 2.51. The third kappa shape index (κ3) is 6.06. The molecule has 2 amide bonds. The summed E-state index contributed by atoms with van der Waals surface area (Å²) in [6.07, 6.45) is 1.57. The number of nitrogens with one attached hydrogen (secondary N) is 1. The van der Waals surface area contributed by atoms with Gasteiger partial charge in [-0.2, -0.15) is 0 Å². The Hall–Kier alpha value is -1.55. The van der Waals surface area contributed by atoms with Crippen LogP contribution in [0.4, 0.5) is 0 Å². The number of hydrogen-bond acceptors (Lipinski definition) is 2. The third-order valence-corrected chi connectivity index (χ3v) is 3.15. The van der Waals surface area contributed by atoms with Crippen molar-refractivity contribution in [2.75, 3.05) is 19.6 Å². The molecule has 0 spiro atoms. The monoisotopic (exact) mass is 296 g/mol. The molecule has 1 rings (SSSR count). The van der Waals surface area contributed by atoms with Gasteiger partial charge in [0.15, 0.2) is 0 Å². The molecule has 0 aliphatic rings. The summed E-state index contributed by atoms with van der Waals surface area (Å²) in [5.74, 6) is -0.216. The number of benzene rings is 1.